The van der Waals surface area contributed by atoms with Crippen LogP contribution in [-0.2, 0) is 16.0 Å². The first-order valence-electron chi connectivity index (χ1n) is 5.62. The zero-order chi connectivity index (χ0) is 11.8. The Labute approximate surface area is 96.1 Å². The molecule has 3 nitrogen and oxygen atoms in total. The van der Waals surface area contributed by atoms with Crippen molar-refractivity contribution < 1.29 is 14.6 Å². The van der Waals surface area contributed by atoms with E-state index in [9.17, 15) is 9.90 Å². The van der Waals surface area contributed by atoms with Crippen molar-refractivity contribution >= 4 is 5.97 Å². The van der Waals surface area contributed by atoms with Gasteiger partial charge >= 0.3 is 5.97 Å². The quantitative estimate of drug-likeness (QED) is 0.748. The summed E-state index contributed by atoms with van der Waals surface area (Å²) in [5, 5.41) is 9.45. The van der Waals surface area contributed by atoms with Crippen molar-refractivity contribution in [3.05, 3.63) is 35.9 Å². The standard InChI is InChI=1S/C13H18O3/c1-2-16-13(15)12(14)10-6-9-11-7-4-3-5-8-11/h3-5,7-8,12,14H,2,6,9-10H2,1H3/t12-/m1/s1. The van der Waals surface area contributed by atoms with Crippen LogP contribution in [0.25, 0.3) is 0 Å². The fraction of sp³-hybridized carbons (Fsp3) is 0.462. The van der Waals surface area contributed by atoms with E-state index >= 15 is 0 Å². The first-order chi connectivity index (χ1) is 7.74. The molecule has 1 atom stereocenters. The number of benzene rings is 1. The van der Waals surface area contributed by atoms with Gasteiger partial charge in [0, 0.05) is 0 Å². The predicted molar refractivity (Wildman–Crippen MR) is 62.0 cm³/mol. The molecule has 0 aliphatic heterocycles. The summed E-state index contributed by atoms with van der Waals surface area (Å²) in [6, 6.07) is 10.0. The Bertz CT molecular complexity index is 308. The zero-order valence-corrected chi connectivity index (χ0v) is 9.56. The van der Waals surface area contributed by atoms with Crippen molar-refractivity contribution in [1.82, 2.24) is 0 Å². The minimum Gasteiger partial charge on any atom is -0.464 e. The van der Waals surface area contributed by atoms with Gasteiger partial charge in [0.1, 0.15) is 0 Å². The predicted octanol–water partition coefficient (Wildman–Crippen LogP) is 1.93. The van der Waals surface area contributed by atoms with Crippen molar-refractivity contribution in [3.63, 3.8) is 0 Å². The van der Waals surface area contributed by atoms with Gasteiger partial charge in [0.2, 0.25) is 0 Å². The molecule has 0 saturated carbocycles. The average molecular weight is 222 g/mol. The minimum atomic E-state index is -0.983. The lowest BCUT2D eigenvalue weighted by Crippen LogP contribution is -2.23. The van der Waals surface area contributed by atoms with Gasteiger partial charge in [0.15, 0.2) is 6.10 Å². The van der Waals surface area contributed by atoms with Crippen LogP contribution in [0.1, 0.15) is 25.3 Å². The van der Waals surface area contributed by atoms with Crippen LogP contribution in [0, 0.1) is 0 Å². The molecule has 0 saturated heterocycles. The topological polar surface area (TPSA) is 46.5 Å². The van der Waals surface area contributed by atoms with E-state index in [0.29, 0.717) is 13.0 Å². The second kappa shape index (κ2) is 7.01. The number of esters is 1. The first kappa shape index (κ1) is 12.7. The van der Waals surface area contributed by atoms with Crippen LogP contribution in [0.15, 0.2) is 30.3 Å². The van der Waals surface area contributed by atoms with Gasteiger partial charge in [0.25, 0.3) is 0 Å². The van der Waals surface area contributed by atoms with Gasteiger partial charge in [-0.25, -0.2) is 4.79 Å². The molecule has 0 radical (unpaired) electrons. The number of carbonyl (C=O) groups is 1. The summed E-state index contributed by atoms with van der Waals surface area (Å²) in [6.45, 7) is 2.04. The highest BCUT2D eigenvalue weighted by Crippen LogP contribution is 2.07. The number of aryl methyl sites for hydroxylation is 1. The van der Waals surface area contributed by atoms with Crippen LogP contribution in [0.2, 0.25) is 0 Å². The van der Waals surface area contributed by atoms with Crippen molar-refractivity contribution in [1.29, 1.82) is 0 Å². The van der Waals surface area contributed by atoms with Crippen LogP contribution < -0.4 is 0 Å². The molecule has 1 rings (SSSR count). The normalized spacial score (nSPS) is 12.1. The SMILES string of the molecule is CCOC(=O)[C@H](O)CCCc1ccccc1. The summed E-state index contributed by atoms with van der Waals surface area (Å²) in [5.41, 5.74) is 1.22. The molecule has 1 aromatic carbocycles. The highest BCUT2D eigenvalue weighted by Gasteiger charge is 2.14. The highest BCUT2D eigenvalue weighted by molar-refractivity contribution is 5.74. The van der Waals surface area contributed by atoms with E-state index in [4.69, 9.17) is 4.74 Å². The Balaban J connectivity index is 2.23. The summed E-state index contributed by atoms with van der Waals surface area (Å²) in [6.07, 6.45) is 1.12. The Morgan fingerprint density at radius 3 is 2.69 bits per heavy atom. The van der Waals surface area contributed by atoms with Gasteiger partial charge in [-0.15, -0.1) is 0 Å². The van der Waals surface area contributed by atoms with Crippen molar-refractivity contribution in [2.24, 2.45) is 0 Å². The van der Waals surface area contributed by atoms with E-state index < -0.39 is 12.1 Å². The molecule has 1 aromatic rings. The molecular formula is C13H18O3. The van der Waals surface area contributed by atoms with E-state index in [0.717, 1.165) is 12.8 Å². The summed E-state index contributed by atoms with van der Waals surface area (Å²) in [4.78, 5) is 11.1. The van der Waals surface area contributed by atoms with E-state index in [1.807, 2.05) is 30.3 Å². The summed E-state index contributed by atoms with van der Waals surface area (Å²) < 4.78 is 4.72. The fourth-order valence-electron chi connectivity index (χ4n) is 1.50. The Kier molecular flexibility index (Phi) is 5.57. The zero-order valence-electron chi connectivity index (χ0n) is 9.56. The molecule has 0 aromatic heterocycles. The molecule has 16 heavy (non-hydrogen) atoms. The minimum absolute atomic E-state index is 0.314. The third-order valence-corrected chi connectivity index (χ3v) is 2.34. The number of ether oxygens (including phenoxy) is 1. The van der Waals surface area contributed by atoms with E-state index in [-0.39, 0.29) is 0 Å². The monoisotopic (exact) mass is 222 g/mol. The summed E-state index contributed by atoms with van der Waals surface area (Å²) in [5.74, 6) is -0.518. The number of hydrogen-bond donors (Lipinski definition) is 1. The van der Waals surface area contributed by atoms with Gasteiger partial charge in [-0.3, -0.25) is 0 Å². The number of hydrogen-bond acceptors (Lipinski definition) is 3. The van der Waals surface area contributed by atoms with Crippen molar-refractivity contribution in [2.75, 3.05) is 6.61 Å². The van der Waals surface area contributed by atoms with Gasteiger partial charge in [-0.05, 0) is 31.7 Å². The van der Waals surface area contributed by atoms with E-state index in [2.05, 4.69) is 0 Å². The van der Waals surface area contributed by atoms with Gasteiger partial charge in [-0.1, -0.05) is 30.3 Å². The third kappa shape index (κ3) is 4.45. The lowest BCUT2D eigenvalue weighted by molar-refractivity contribution is -0.153. The molecule has 3 heteroatoms. The molecule has 0 aliphatic carbocycles. The van der Waals surface area contributed by atoms with Crippen LogP contribution in [-0.4, -0.2) is 23.8 Å². The maximum Gasteiger partial charge on any atom is 0.334 e. The lowest BCUT2D eigenvalue weighted by atomic mass is 10.1. The molecular weight excluding hydrogens is 204 g/mol. The molecule has 88 valence electrons. The Morgan fingerprint density at radius 1 is 1.38 bits per heavy atom. The van der Waals surface area contributed by atoms with Gasteiger partial charge in [-0.2, -0.15) is 0 Å². The molecule has 0 unspecified atom stereocenters. The molecule has 0 heterocycles. The van der Waals surface area contributed by atoms with Crippen LogP contribution >= 0.6 is 0 Å². The molecule has 0 amide bonds. The number of aliphatic hydroxyl groups excluding tert-OH is 1. The Morgan fingerprint density at radius 2 is 2.06 bits per heavy atom. The lowest BCUT2D eigenvalue weighted by Gasteiger charge is -2.09. The second-order valence-corrected chi connectivity index (χ2v) is 3.65. The van der Waals surface area contributed by atoms with Crippen LogP contribution in [0.4, 0.5) is 0 Å². The average Bonchev–Trinajstić information content (AvgIpc) is 2.30. The first-order valence-corrected chi connectivity index (χ1v) is 5.62. The number of aliphatic hydroxyl groups is 1. The van der Waals surface area contributed by atoms with Crippen LogP contribution in [0.3, 0.4) is 0 Å². The maximum atomic E-state index is 11.1. The van der Waals surface area contributed by atoms with Crippen molar-refractivity contribution in [2.45, 2.75) is 32.3 Å². The molecule has 0 fully saturated rings. The van der Waals surface area contributed by atoms with E-state index in [1.54, 1.807) is 6.92 Å². The van der Waals surface area contributed by atoms with Crippen molar-refractivity contribution in [3.8, 4) is 0 Å². The van der Waals surface area contributed by atoms with Gasteiger partial charge < -0.3 is 9.84 Å². The number of carbonyl (C=O) groups excluding carboxylic acids is 1. The Hall–Kier alpha value is -1.35. The van der Waals surface area contributed by atoms with Crippen LogP contribution in [0.5, 0.6) is 0 Å². The fourth-order valence-corrected chi connectivity index (χ4v) is 1.50. The highest BCUT2D eigenvalue weighted by atomic mass is 16.5. The molecule has 0 aliphatic rings. The molecule has 0 spiro atoms. The number of rotatable bonds is 6. The van der Waals surface area contributed by atoms with Gasteiger partial charge in [0.05, 0.1) is 6.61 Å². The smallest absolute Gasteiger partial charge is 0.334 e. The summed E-state index contributed by atoms with van der Waals surface area (Å²) >= 11 is 0. The maximum absolute atomic E-state index is 11.1. The summed E-state index contributed by atoms with van der Waals surface area (Å²) in [7, 11) is 0. The molecule has 0 bridgehead atoms. The third-order valence-electron chi connectivity index (χ3n) is 2.34. The largest absolute Gasteiger partial charge is 0.464 e. The molecule has 1 N–H and O–H groups in total. The second-order valence-electron chi connectivity index (χ2n) is 3.65. The van der Waals surface area contributed by atoms with E-state index in [1.165, 1.54) is 5.56 Å².